The molecule has 0 atom stereocenters. The number of nitrogens with one attached hydrogen (secondary N) is 1. The maximum Gasteiger partial charge on any atom is 0.339 e. The third-order valence-corrected chi connectivity index (χ3v) is 4.93. The van der Waals surface area contributed by atoms with Gasteiger partial charge in [0, 0.05) is 28.6 Å². The highest BCUT2D eigenvalue weighted by atomic mass is 32.1. The van der Waals surface area contributed by atoms with E-state index in [0.29, 0.717) is 16.5 Å². The Morgan fingerprint density at radius 3 is 2.92 bits per heavy atom. The molecule has 2 aromatic heterocycles. The van der Waals surface area contributed by atoms with Crippen LogP contribution in [0.2, 0.25) is 0 Å². The predicted molar refractivity (Wildman–Crippen MR) is 95.4 cm³/mol. The Kier molecular flexibility index (Phi) is 4.23. The summed E-state index contributed by atoms with van der Waals surface area (Å²) in [5.41, 5.74) is 2.13. The summed E-state index contributed by atoms with van der Waals surface area (Å²) in [7, 11) is 0. The minimum absolute atomic E-state index is 0.139. The average molecular weight is 356 g/mol. The lowest BCUT2D eigenvalue weighted by Gasteiger charge is -2.16. The molecular formula is C18H16N2O4S. The van der Waals surface area contributed by atoms with Crippen molar-refractivity contribution < 1.29 is 13.9 Å². The van der Waals surface area contributed by atoms with E-state index in [1.165, 1.54) is 11.3 Å². The van der Waals surface area contributed by atoms with Gasteiger partial charge in [-0.05, 0) is 43.4 Å². The molecule has 4 rings (SSSR count). The number of rotatable bonds is 4. The standard InChI is InChI=1S/C18H16N2O4S/c21-16(20-18-19-7-8-25-18)10-23-11-5-6-13-12-3-1-2-4-14(12)17(22)24-15(13)9-11/h5-9H,1-4,10H2,(H,19,20,21). The van der Waals surface area contributed by atoms with E-state index in [1.807, 2.05) is 6.07 Å². The molecule has 0 aliphatic heterocycles. The summed E-state index contributed by atoms with van der Waals surface area (Å²) in [6.45, 7) is -0.139. The van der Waals surface area contributed by atoms with E-state index in [2.05, 4.69) is 10.3 Å². The van der Waals surface area contributed by atoms with Gasteiger partial charge in [-0.3, -0.25) is 10.1 Å². The minimum atomic E-state index is -0.290. The molecule has 2 heterocycles. The minimum Gasteiger partial charge on any atom is -0.484 e. The van der Waals surface area contributed by atoms with Crippen LogP contribution in [0.25, 0.3) is 11.0 Å². The van der Waals surface area contributed by atoms with Crippen LogP contribution in [0.4, 0.5) is 5.13 Å². The highest BCUT2D eigenvalue weighted by molar-refractivity contribution is 7.13. The number of thiazole rings is 1. The predicted octanol–water partition coefficient (Wildman–Crippen LogP) is 3.15. The molecule has 128 valence electrons. The van der Waals surface area contributed by atoms with Gasteiger partial charge in [0.1, 0.15) is 11.3 Å². The SMILES string of the molecule is O=C(COc1ccc2c3c(c(=O)oc2c1)CCCC3)Nc1nccs1. The van der Waals surface area contributed by atoms with Gasteiger partial charge in [-0.25, -0.2) is 9.78 Å². The van der Waals surface area contributed by atoms with E-state index in [1.54, 1.807) is 23.7 Å². The number of hydrogen-bond acceptors (Lipinski definition) is 6. The first kappa shape index (κ1) is 15.8. The van der Waals surface area contributed by atoms with Crippen molar-refractivity contribution in [2.75, 3.05) is 11.9 Å². The highest BCUT2D eigenvalue weighted by Crippen LogP contribution is 2.29. The number of fused-ring (bicyclic) bond motifs is 3. The van der Waals surface area contributed by atoms with Gasteiger partial charge in [-0.1, -0.05) is 0 Å². The third kappa shape index (κ3) is 3.28. The van der Waals surface area contributed by atoms with Crippen molar-refractivity contribution in [2.45, 2.75) is 25.7 Å². The number of hydrogen-bond donors (Lipinski definition) is 1. The van der Waals surface area contributed by atoms with Gasteiger partial charge in [-0.15, -0.1) is 11.3 Å². The number of amides is 1. The summed E-state index contributed by atoms with van der Waals surface area (Å²) >= 11 is 1.34. The van der Waals surface area contributed by atoms with Crippen LogP contribution in [0.1, 0.15) is 24.0 Å². The second kappa shape index (κ2) is 6.68. The van der Waals surface area contributed by atoms with Crippen molar-refractivity contribution in [2.24, 2.45) is 0 Å². The highest BCUT2D eigenvalue weighted by Gasteiger charge is 2.18. The number of benzene rings is 1. The molecule has 0 radical (unpaired) electrons. The molecule has 1 aliphatic carbocycles. The monoisotopic (exact) mass is 356 g/mol. The Bertz CT molecular complexity index is 979. The van der Waals surface area contributed by atoms with Gasteiger partial charge in [0.2, 0.25) is 0 Å². The molecule has 1 aliphatic rings. The van der Waals surface area contributed by atoms with E-state index >= 15 is 0 Å². The molecule has 0 spiro atoms. The Balaban J connectivity index is 1.53. The van der Waals surface area contributed by atoms with Crippen LogP contribution in [0.15, 0.2) is 39.0 Å². The van der Waals surface area contributed by atoms with Crippen LogP contribution in [0.5, 0.6) is 5.75 Å². The molecule has 6 nitrogen and oxygen atoms in total. The molecule has 0 unspecified atom stereocenters. The van der Waals surface area contributed by atoms with E-state index in [9.17, 15) is 9.59 Å². The van der Waals surface area contributed by atoms with Crippen molar-refractivity contribution in [3.8, 4) is 5.75 Å². The topological polar surface area (TPSA) is 81.4 Å². The molecular weight excluding hydrogens is 340 g/mol. The van der Waals surface area contributed by atoms with Crippen LogP contribution in [-0.4, -0.2) is 17.5 Å². The zero-order valence-corrected chi connectivity index (χ0v) is 14.2. The van der Waals surface area contributed by atoms with Gasteiger partial charge in [0.15, 0.2) is 11.7 Å². The van der Waals surface area contributed by atoms with Crippen molar-refractivity contribution in [3.63, 3.8) is 0 Å². The lowest BCUT2D eigenvalue weighted by molar-refractivity contribution is -0.118. The molecule has 1 amide bonds. The fourth-order valence-corrected chi connectivity index (χ4v) is 3.65. The van der Waals surface area contributed by atoms with E-state index in [-0.39, 0.29) is 18.1 Å². The average Bonchev–Trinajstić information content (AvgIpc) is 3.13. The smallest absolute Gasteiger partial charge is 0.339 e. The van der Waals surface area contributed by atoms with Crippen LogP contribution in [0, 0.1) is 0 Å². The molecule has 0 saturated carbocycles. The Hall–Kier alpha value is -2.67. The molecule has 1 aromatic carbocycles. The summed E-state index contributed by atoms with van der Waals surface area (Å²) < 4.78 is 11.0. The van der Waals surface area contributed by atoms with Crippen LogP contribution in [0.3, 0.4) is 0 Å². The first-order chi connectivity index (χ1) is 12.2. The number of ether oxygens (including phenoxy) is 1. The van der Waals surface area contributed by atoms with Crippen molar-refractivity contribution in [1.29, 1.82) is 0 Å². The molecule has 0 saturated heterocycles. The zero-order valence-electron chi connectivity index (χ0n) is 13.4. The summed E-state index contributed by atoms with van der Waals surface area (Å²) in [4.78, 5) is 28.0. The maximum absolute atomic E-state index is 12.2. The van der Waals surface area contributed by atoms with Crippen molar-refractivity contribution >= 4 is 33.3 Å². The van der Waals surface area contributed by atoms with Crippen LogP contribution >= 0.6 is 11.3 Å². The van der Waals surface area contributed by atoms with Gasteiger partial charge in [0.25, 0.3) is 5.91 Å². The lowest BCUT2D eigenvalue weighted by Crippen LogP contribution is -2.20. The van der Waals surface area contributed by atoms with E-state index in [0.717, 1.165) is 42.2 Å². The number of anilines is 1. The summed E-state index contributed by atoms with van der Waals surface area (Å²) in [6, 6.07) is 5.37. The molecule has 3 aromatic rings. The number of aryl methyl sites for hydroxylation is 1. The molecule has 1 N–H and O–H groups in total. The van der Waals surface area contributed by atoms with Crippen LogP contribution < -0.4 is 15.7 Å². The third-order valence-electron chi connectivity index (χ3n) is 4.24. The lowest BCUT2D eigenvalue weighted by atomic mass is 9.91. The summed E-state index contributed by atoms with van der Waals surface area (Å²) in [5, 5.41) is 5.91. The number of carbonyl (C=O) groups is 1. The first-order valence-electron chi connectivity index (χ1n) is 8.11. The van der Waals surface area contributed by atoms with Gasteiger partial charge in [0.05, 0.1) is 0 Å². The molecule has 7 heteroatoms. The molecule has 0 bridgehead atoms. The fraction of sp³-hybridized carbons (Fsp3) is 0.278. The van der Waals surface area contributed by atoms with E-state index < -0.39 is 0 Å². The van der Waals surface area contributed by atoms with Gasteiger partial charge >= 0.3 is 5.63 Å². The number of nitrogens with zero attached hydrogens (tertiary/aromatic N) is 1. The second-order valence-corrected chi connectivity index (χ2v) is 6.78. The van der Waals surface area contributed by atoms with Crippen LogP contribution in [-0.2, 0) is 17.6 Å². The summed E-state index contributed by atoms with van der Waals surface area (Å²) in [5.74, 6) is 0.197. The first-order valence-corrected chi connectivity index (χ1v) is 8.99. The second-order valence-electron chi connectivity index (χ2n) is 5.89. The van der Waals surface area contributed by atoms with Crippen molar-refractivity contribution in [1.82, 2.24) is 4.98 Å². The number of carbonyl (C=O) groups excluding carboxylic acids is 1. The maximum atomic E-state index is 12.2. The molecule has 0 fully saturated rings. The zero-order chi connectivity index (χ0) is 17.2. The number of aromatic nitrogens is 1. The Morgan fingerprint density at radius 1 is 1.28 bits per heavy atom. The van der Waals surface area contributed by atoms with Gasteiger partial charge in [-0.2, -0.15) is 0 Å². The van der Waals surface area contributed by atoms with E-state index in [4.69, 9.17) is 9.15 Å². The quantitative estimate of drug-likeness (QED) is 0.726. The molecule has 25 heavy (non-hydrogen) atoms. The normalized spacial score (nSPS) is 13.4. The van der Waals surface area contributed by atoms with Crippen molar-refractivity contribution in [3.05, 3.63) is 51.3 Å². The summed E-state index contributed by atoms with van der Waals surface area (Å²) in [6.07, 6.45) is 5.41. The Labute approximate surface area is 147 Å². The Morgan fingerprint density at radius 2 is 2.12 bits per heavy atom. The largest absolute Gasteiger partial charge is 0.484 e. The fourth-order valence-electron chi connectivity index (χ4n) is 3.10. The van der Waals surface area contributed by atoms with Gasteiger partial charge < -0.3 is 9.15 Å².